The minimum Gasteiger partial charge on any atom is -0.490 e. The zero-order valence-electron chi connectivity index (χ0n) is 8.85. The monoisotopic (exact) mass is 221 g/mol. The van der Waals surface area contributed by atoms with Gasteiger partial charge in [-0.25, -0.2) is 9.59 Å². The number of carboxylic acid groups (broad SMARTS) is 1. The normalized spacial score (nSPS) is 10.3. The largest absolute Gasteiger partial charge is 0.490 e. The molecule has 3 N–H and O–H groups in total. The fraction of sp³-hybridized carbons (Fsp3) is 0.500. The number of carboxylic acids is 1. The molecular formula is C8H15NO6. The van der Waals surface area contributed by atoms with E-state index in [0.717, 1.165) is 0 Å². The molecule has 0 fully saturated rings. The SMILES string of the molecule is C=C(OC)C(=O)O.COC(C)OC(N)=O. The molecule has 0 spiro atoms. The molecule has 7 heteroatoms. The van der Waals surface area contributed by atoms with Gasteiger partial charge in [-0.15, -0.1) is 0 Å². The maximum Gasteiger partial charge on any atom is 0.406 e. The van der Waals surface area contributed by atoms with Gasteiger partial charge in [-0.2, -0.15) is 0 Å². The Balaban J connectivity index is 0. The number of hydrogen-bond acceptors (Lipinski definition) is 5. The summed E-state index contributed by atoms with van der Waals surface area (Å²) >= 11 is 0. The number of primary amides is 1. The molecule has 0 aromatic heterocycles. The number of carbonyl (C=O) groups excluding carboxylic acids is 1. The van der Waals surface area contributed by atoms with E-state index in [0.29, 0.717) is 0 Å². The summed E-state index contributed by atoms with van der Waals surface area (Å²) in [5, 5.41) is 7.96. The predicted molar refractivity (Wildman–Crippen MR) is 50.9 cm³/mol. The lowest BCUT2D eigenvalue weighted by molar-refractivity contribution is -0.136. The summed E-state index contributed by atoms with van der Waals surface area (Å²) in [6, 6.07) is 0. The Morgan fingerprint density at radius 1 is 1.40 bits per heavy atom. The molecule has 0 aliphatic carbocycles. The quantitative estimate of drug-likeness (QED) is 0.401. The molecule has 0 radical (unpaired) electrons. The van der Waals surface area contributed by atoms with Crippen LogP contribution in [-0.2, 0) is 19.0 Å². The molecule has 1 unspecified atom stereocenters. The van der Waals surface area contributed by atoms with Gasteiger partial charge in [-0.1, -0.05) is 0 Å². The summed E-state index contributed by atoms with van der Waals surface area (Å²) in [6.07, 6.45) is -1.37. The molecule has 1 amide bonds. The zero-order chi connectivity index (χ0) is 12.4. The molecule has 0 bridgehead atoms. The molecule has 0 rings (SSSR count). The molecule has 88 valence electrons. The lowest BCUT2D eigenvalue weighted by Crippen LogP contribution is -2.21. The molecule has 0 aromatic carbocycles. The molecule has 0 heterocycles. The van der Waals surface area contributed by atoms with Crippen LogP contribution in [0.15, 0.2) is 12.3 Å². The van der Waals surface area contributed by atoms with Crippen LogP contribution in [0.4, 0.5) is 4.79 Å². The Hall–Kier alpha value is -1.76. The number of aliphatic carboxylic acids is 1. The molecule has 0 aromatic rings. The maximum absolute atomic E-state index is 9.89. The van der Waals surface area contributed by atoms with Gasteiger partial charge in [0.1, 0.15) is 0 Å². The van der Waals surface area contributed by atoms with Crippen molar-refractivity contribution in [1.82, 2.24) is 0 Å². The minimum absolute atomic E-state index is 0.236. The van der Waals surface area contributed by atoms with Crippen molar-refractivity contribution >= 4 is 12.1 Å². The zero-order valence-corrected chi connectivity index (χ0v) is 8.85. The van der Waals surface area contributed by atoms with E-state index >= 15 is 0 Å². The average Bonchev–Trinajstić information content (AvgIpc) is 2.16. The third-order valence-electron chi connectivity index (χ3n) is 1.10. The van der Waals surface area contributed by atoms with Gasteiger partial charge >= 0.3 is 12.1 Å². The number of nitrogens with two attached hydrogens (primary N) is 1. The van der Waals surface area contributed by atoms with Crippen molar-refractivity contribution in [2.45, 2.75) is 13.2 Å². The van der Waals surface area contributed by atoms with Crippen LogP contribution in [0.5, 0.6) is 0 Å². The summed E-state index contributed by atoms with van der Waals surface area (Å²) < 4.78 is 13.1. The Kier molecular flexibility index (Phi) is 9.23. The van der Waals surface area contributed by atoms with Gasteiger partial charge in [-0.05, 0) is 13.5 Å². The highest BCUT2D eigenvalue weighted by atomic mass is 16.7. The Bertz CT molecular complexity index is 227. The lowest BCUT2D eigenvalue weighted by atomic mass is 10.6. The fourth-order valence-corrected chi connectivity index (χ4v) is 0.299. The first kappa shape index (κ1) is 15.7. The van der Waals surface area contributed by atoms with Gasteiger partial charge in [0.2, 0.25) is 6.29 Å². The number of hydrogen-bond donors (Lipinski definition) is 2. The van der Waals surface area contributed by atoms with Crippen molar-refractivity contribution in [3.63, 3.8) is 0 Å². The summed E-state index contributed by atoms with van der Waals surface area (Å²) in [5.41, 5.74) is 4.63. The first-order chi connectivity index (χ1) is 6.84. The van der Waals surface area contributed by atoms with E-state index in [1.807, 2.05) is 0 Å². The van der Waals surface area contributed by atoms with E-state index in [2.05, 4.69) is 26.5 Å². The number of rotatable bonds is 4. The van der Waals surface area contributed by atoms with Crippen molar-refractivity contribution in [3.05, 3.63) is 12.3 Å². The molecule has 1 atom stereocenters. The second kappa shape index (κ2) is 8.82. The van der Waals surface area contributed by atoms with E-state index in [1.165, 1.54) is 14.2 Å². The first-order valence-corrected chi connectivity index (χ1v) is 3.80. The summed E-state index contributed by atoms with van der Waals surface area (Å²) in [7, 11) is 2.68. The molecular weight excluding hydrogens is 206 g/mol. The van der Waals surface area contributed by atoms with Crippen LogP contribution in [0.1, 0.15) is 6.92 Å². The highest BCUT2D eigenvalue weighted by Gasteiger charge is 2.00. The standard InChI is InChI=1S/C4H9NO3.C4H6O3/c1-3(7-2)8-4(5)6;1-3(7-2)4(5)6/h3H,1-2H3,(H2,5,6);1H2,2H3,(H,5,6). The van der Waals surface area contributed by atoms with Gasteiger partial charge in [0.05, 0.1) is 7.11 Å². The second-order valence-corrected chi connectivity index (χ2v) is 2.17. The van der Waals surface area contributed by atoms with Gasteiger partial charge in [0, 0.05) is 7.11 Å². The molecule has 15 heavy (non-hydrogen) atoms. The van der Waals surface area contributed by atoms with Crippen LogP contribution >= 0.6 is 0 Å². The molecule has 0 saturated heterocycles. The van der Waals surface area contributed by atoms with Gasteiger partial charge < -0.3 is 25.1 Å². The van der Waals surface area contributed by atoms with Gasteiger partial charge in [-0.3, -0.25) is 0 Å². The number of carbonyl (C=O) groups is 2. The van der Waals surface area contributed by atoms with Crippen molar-refractivity contribution in [2.75, 3.05) is 14.2 Å². The predicted octanol–water partition coefficient (Wildman–Crippen LogP) is 0.305. The third-order valence-corrected chi connectivity index (χ3v) is 1.10. The highest BCUT2D eigenvalue weighted by molar-refractivity contribution is 5.83. The first-order valence-electron chi connectivity index (χ1n) is 3.80. The highest BCUT2D eigenvalue weighted by Crippen LogP contribution is 1.87. The van der Waals surface area contributed by atoms with Crippen LogP contribution in [0.3, 0.4) is 0 Å². The van der Waals surface area contributed by atoms with E-state index < -0.39 is 18.4 Å². The summed E-state index contributed by atoms with van der Waals surface area (Å²) in [5.74, 6) is -1.36. The van der Waals surface area contributed by atoms with E-state index in [-0.39, 0.29) is 5.76 Å². The van der Waals surface area contributed by atoms with E-state index in [9.17, 15) is 9.59 Å². The number of methoxy groups -OCH3 is 2. The van der Waals surface area contributed by atoms with Crippen molar-refractivity contribution in [3.8, 4) is 0 Å². The Morgan fingerprint density at radius 3 is 1.93 bits per heavy atom. The minimum atomic E-state index is -1.12. The van der Waals surface area contributed by atoms with Crippen molar-refractivity contribution < 1.29 is 28.9 Å². The lowest BCUT2D eigenvalue weighted by Gasteiger charge is -2.06. The van der Waals surface area contributed by atoms with Crippen LogP contribution in [0, 0.1) is 0 Å². The molecule has 0 saturated carbocycles. The van der Waals surface area contributed by atoms with Gasteiger partial charge in [0.25, 0.3) is 0 Å². The van der Waals surface area contributed by atoms with Crippen molar-refractivity contribution in [1.29, 1.82) is 0 Å². The van der Waals surface area contributed by atoms with Crippen LogP contribution in [-0.4, -0.2) is 37.7 Å². The summed E-state index contributed by atoms with van der Waals surface area (Å²) in [4.78, 5) is 19.6. The number of ether oxygens (including phenoxy) is 3. The van der Waals surface area contributed by atoms with Crippen LogP contribution in [0.2, 0.25) is 0 Å². The van der Waals surface area contributed by atoms with Crippen LogP contribution < -0.4 is 5.73 Å². The Morgan fingerprint density at radius 2 is 1.87 bits per heavy atom. The number of amides is 1. The van der Waals surface area contributed by atoms with Crippen LogP contribution in [0.25, 0.3) is 0 Å². The maximum atomic E-state index is 9.89. The van der Waals surface area contributed by atoms with Gasteiger partial charge in [0.15, 0.2) is 5.76 Å². The fourth-order valence-electron chi connectivity index (χ4n) is 0.299. The summed E-state index contributed by atoms with van der Waals surface area (Å²) in [6.45, 7) is 4.63. The topological polar surface area (TPSA) is 108 Å². The smallest absolute Gasteiger partial charge is 0.406 e. The second-order valence-electron chi connectivity index (χ2n) is 2.17. The third kappa shape index (κ3) is 12.2. The van der Waals surface area contributed by atoms with E-state index in [4.69, 9.17) is 5.11 Å². The average molecular weight is 221 g/mol. The van der Waals surface area contributed by atoms with Crippen molar-refractivity contribution in [2.24, 2.45) is 5.73 Å². The van der Waals surface area contributed by atoms with E-state index in [1.54, 1.807) is 6.92 Å². The molecule has 7 nitrogen and oxygen atoms in total. The Labute approximate surface area is 87.4 Å². The molecule has 0 aliphatic heterocycles. The molecule has 0 aliphatic rings.